The van der Waals surface area contributed by atoms with Gasteiger partial charge in [-0.2, -0.15) is 0 Å². The van der Waals surface area contributed by atoms with Crippen LogP contribution in [-0.2, 0) is 4.74 Å². The molecule has 132 valence electrons. The average Bonchev–Trinajstić information content (AvgIpc) is 3.05. The highest BCUT2D eigenvalue weighted by Crippen LogP contribution is 2.31. The van der Waals surface area contributed by atoms with Gasteiger partial charge in [0.25, 0.3) is 0 Å². The number of allylic oxidation sites excluding steroid dienone is 6. The fourth-order valence-electron chi connectivity index (χ4n) is 2.87. The summed E-state index contributed by atoms with van der Waals surface area (Å²) in [6.45, 7) is 9.10. The molecule has 0 spiro atoms. The van der Waals surface area contributed by atoms with Gasteiger partial charge in [-0.3, -0.25) is 0 Å². The van der Waals surface area contributed by atoms with Crippen LogP contribution in [0.15, 0.2) is 40.9 Å². The van der Waals surface area contributed by atoms with Crippen LogP contribution < -0.4 is 4.90 Å². The van der Waals surface area contributed by atoms with E-state index in [1.54, 1.807) is 0 Å². The Hall–Kier alpha value is -2.40. The van der Waals surface area contributed by atoms with E-state index in [0.29, 0.717) is 13.2 Å². The Labute approximate surface area is 148 Å². The predicted octanol–water partition coefficient (Wildman–Crippen LogP) is 4.29. The molecule has 3 heterocycles. The van der Waals surface area contributed by atoms with Crippen LogP contribution in [0.25, 0.3) is 16.7 Å². The smallest absolute Gasteiger partial charge is 0.195 e. The first-order chi connectivity index (χ1) is 12.2. The van der Waals surface area contributed by atoms with Crippen LogP contribution in [0.3, 0.4) is 0 Å². The molecule has 2 aromatic heterocycles. The minimum absolute atomic E-state index is 0.712. The number of morpholine rings is 1. The van der Waals surface area contributed by atoms with E-state index in [2.05, 4.69) is 40.0 Å². The van der Waals surface area contributed by atoms with Crippen molar-refractivity contribution in [3.05, 3.63) is 48.0 Å². The van der Waals surface area contributed by atoms with Crippen molar-refractivity contribution in [2.75, 3.05) is 31.2 Å². The lowest BCUT2D eigenvalue weighted by Gasteiger charge is -2.27. The standard InChI is InChI=1S/C20H25N3O2/c1-4-6-7-9-16(8-5-2)18-14-17-19(25-18)20(22-15(3)21-17)23-10-12-24-13-11-23/h5-9,14H,4,10-13H2,1-3H3/b7-6+,8-5-,16-9+. The van der Waals surface area contributed by atoms with Gasteiger partial charge >= 0.3 is 0 Å². The summed E-state index contributed by atoms with van der Waals surface area (Å²) in [5, 5.41) is 0. The number of aryl methyl sites for hydroxylation is 1. The molecule has 0 aliphatic carbocycles. The van der Waals surface area contributed by atoms with E-state index < -0.39 is 0 Å². The van der Waals surface area contributed by atoms with E-state index in [-0.39, 0.29) is 0 Å². The van der Waals surface area contributed by atoms with E-state index in [9.17, 15) is 0 Å². The third-order valence-electron chi connectivity index (χ3n) is 4.05. The molecule has 0 radical (unpaired) electrons. The van der Waals surface area contributed by atoms with Crippen LogP contribution in [0.5, 0.6) is 0 Å². The van der Waals surface area contributed by atoms with Crippen molar-refractivity contribution in [1.29, 1.82) is 0 Å². The number of furan rings is 1. The van der Waals surface area contributed by atoms with Gasteiger partial charge in [0.1, 0.15) is 17.1 Å². The molecule has 0 atom stereocenters. The molecular weight excluding hydrogens is 314 g/mol. The molecule has 0 aromatic carbocycles. The second-order valence-corrected chi connectivity index (χ2v) is 5.98. The molecule has 0 saturated carbocycles. The molecule has 5 heteroatoms. The zero-order chi connectivity index (χ0) is 17.6. The summed E-state index contributed by atoms with van der Waals surface area (Å²) in [6, 6.07) is 2.00. The van der Waals surface area contributed by atoms with Gasteiger partial charge in [-0.25, -0.2) is 9.97 Å². The van der Waals surface area contributed by atoms with Crippen LogP contribution >= 0.6 is 0 Å². The lowest BCUT2D eigenvalue weighted by molar-refractivity contribution is 0.122. The van der Waals surface area contributed by atoms with Crippen molar-refractivity contribution in [3.63, 3.8) is 0 Å². The minimum Gasteiger partial charge on any atom is -0.450 e. The highest BCUT2D eigenvalue weighted by Gasteiger charge is 2.20. The summed E-state index contributed by atoms with van der Waals surface area (Å²) < 4.78 is 11.6. The molecule has 1 fully saturated rings. The first-order valence-corrected chi connectivity index (χ1v) is 8.83. The van der Waals surface area contributed by atoms with Crippen molar-refractivity contribution in [2.24, 2.45) is 0 Å². The number of hydrogen-bond acceptors (Lipinski definition) is 5. The normalized spacial score (nSPS) is 16.6. The number of hydrogen-bond donors (Lipinski definition) is 0. The summed E-state index contributed by atoms with van der Waals surface area (Å²) in [5.74, 6) is 2.42. The SMILES string of the molecule is C\C=C/C(=C\C=C\CC)c1cc2nc(C)nc(N3CCOCC3)c2o1. The Morgan fingerprint density at radius 2 is 2.08 bits per heavy atom. The molecule has 3 rings (SSSR count). The van der Waals surface area contributed by atoms with E-state index in [1.807, 2.05) is 32.1 Å². The molecule has 0 amide bonds. The van der Waals surface area contributed by atoms with Gasteiger partial charge in [0.05, 0.1) is 13.2 Å². The molecule has 0 unspecified atom stereocenters. The maximum atomic E-state index is 6.19. The molecule has 5 nitrogen and oxygen atoms in total. The topological polar surface area (TPSA) is 51.4 Å². The fraction of sp³-hybridized carbons (Fsp3) is 0.400. The van der Waals surface area contributed by atoms with Crippen molar-refractivity contribution in [1.82, 2.24) is 9.97 Å². The quantitative estimate of drug-likeness (QED) is 0.761. The molecule has 25 heavy (non-hydrogen) atoms. The van der Waals surface area contributed by atoms with Crippen molar-refractivity contribution >= 4 is 22.5 Å². The zero-order valence-corrected chi connectivity index (χ0v) is 15.2. The van der Waals surface area contributed by atoms with Crippen molar-refractivity contribution < 1.29 is 9.15 Å². The summed E-state index contributed by atoms with van der Waals surface area (Å²) in [6.07, 6.45) is 11.3. The number of fused-ring (bicyclic) bond motifs is 1. The van der Waals surface area contributed by atoms with Crippen LogP contribution in [0.4, 0.5) is 5.82 Å². The largest absolute Gasteiger partial charge is 0.450 e. The maximum Gasteiger partial charge on any atom is 0.195 e. The number of anilines is 1. The van der Waals surface area contributed by atoms with Gasteiger partial charge in [0.2, 0.25) is 0 Å². The molecule has 1 saturated heterocycles. The number of nitrogens with zero attached hydrogens (tertiary/aromatic N) is 3. The highest BCUT2D eigenvalue weighted by molar-refractivity contribution is 5.88. The third kappa shape index (κ3) is 3.99. The van der Waals surface area contributed by atoms with Crippen LogP contribution in [0.1, 0.15) is 31.9 Å². The highest BCUT2D eigenvalue weighted by atomic mass is 16.5. The number of ether oxygens (including phenoxy) is 1. The third-order valence-corrected chi connectivity index (χ3v) is 4.05. The Morgan fingerprint density at radius 3 is 2.80 bits per heavy atom. The van der Waals surface area contributed by atoms with Gasteiger partial charge in [0.15, 0.2) is 11.4 Å². The zero-order valence-electron chi connectivity index (χ0n) is 15.2. The predicted molar refractivity (Wildman–Crippen MR) is 102 cm³/mol. The number of aromatic nitrogens is 2. The fourth-order valence-corrected chi connectivity index (χ4v) is 2.87. The lowest BCUT2D eigenvalue weighted by atomic mass is 10.1. The van der Waals surface area contributed by atoms with Crippen LogP contribution in [-0.4, -0.2) is 36.3 Å². The van der Waals surface area contributed by atoms with Gasteiger partial charge in [0, 0.05) is 24.7 Å². The summed E-state index contributed by atoms with van der Waals surface area (Å²) >= 11 is 0. The average molecular weight is 339 g/mol. The summed E-state index contributed by atoms with van der Waals surface area (Å²) in [7, 11) is 0. The summed E-state index contributed by atoms with van der Waals surface area (Å²) in [5.41, 5.74) is 2.62. The van der Waals surface area contributed by atoms with E-state index in [1.165, 1.54) is 0 Å². The van der Waals surface area contributed by atoms with Gasteiger partial charge < -0.3 is 14.1 Å². The minimum atomic E-state index is 0.712. The van der Waals surface area contributed by atoms with Crippen LogP contribution in [0, 0.1) is 6.92 Å². The second-order valence-electron chi connectivity index (χ2n) is 5.98. The Morgan fingerprint density at radius 1 is 1.28 bits per heavy atom. The molecule has 1 aliphatic heterocycles. The Bertz CT molecular complexity index is 812. The molecule has 0 N–H and O–H groups in total. The lowest BCUT2D eigenvalue weighted by Crippen LogP contribution is -2.37. The first kappa shape index (κ1) is 17.4. The van der Waals surface area contributed by atoms with Crippen molar-refractivity contribution in [2.45, 2.75) is 27.2 Å². The molecule has 2 aromatic rings. The Balaban J connectivity index is 2.06. The van der Waals surface area contributed by atoms with E-state index in [0.717, 1.165) is 53.6 Å². The van der Waals surface area contributed by atoms with Crippen LogP contribution in [0.2, 0.25) is 0 Å². The second kappa shape index (κ2) is 8.12. The van der Waals surface area contributed by atoms with E-state index >= 15 is 0 Å². The molecular formula is C20H25N3O2. The number of rotatable bonds is 5. The first-order valence-electron chi connectivity index (χ1n) is 8.83. The maximum absolute atomic E-state index is 6.19. The monoisotopic (exact) mass is 339 g/mol. The molecule has 1 aliphatic rings. The summed E-state index contributed by atoms with van der Waals surface area (Å²) in [4.78, 5) is 11.4. The van der Waals surface area contributed by atoms with Gasteiger partial charge in [-0.1, -0.05) is 37.3 Å². The van der Waals surface area contributed by atoms with Crippen molar-refractivity contribution in [3.8, 4) is 0 Å². The Kier molecular flexibility index (Phi) is 5.66. The molecule has 0 bridgehead atoms. The van der Waals surface area contributed by atoms with Gasteiger partial charge in [-0.15, -0.1) is 0 Å². The van der Waals surface area contributed by atoms with Gasteiger partial charge in [-0.05, 0) is 20.3 Å². The van der Waals surface area contributed by atoms with E-state index in [4.69, 9.17) is 9.15 Å².